The molecule has 1 saturated heterocycles. The molecule has 0 radical (unpaired) electrons. The van der Waals surface area contributed by atoms with Crippen LogP contribution >= 0.6 is 11.3 Å². The Morgan fingerprint density at radius 1 is 0.769 bits per heavy atom. The van der Waals surface area contributed by atoms with Gasteiger partial charge in [-0.25, -0.2) is 0 Å². The molecule has 0 spiro atoms. The van der Waals surface area contributed by atoms with Crippen molar-refractivity contribution in [1.29, 1.82) is 0 Å². The fraction of sp³-hybridized carbons (Fsp3) is 0.273. The van der Waals surface area contributed by atoms with Crippen LogP contribution in [0.5, 0.6) is 0 Å². The van der Waals surface area contributed by atoms with Crippen molar-refractivity contribution in [2.24, 2.45) is 0 Å². The Labute approximate surface area is 157 Å². The van der Waals surface area contributed by atoms with Gasteiger partial charge in [-0.2, -0.15) is 0 Å². The van der Waals surface area contributed by atoms with Crippen molar-refractivity contribution in [2.45, 2.75) is 38.9 Å². The standard InChI is InChI=1S/C22H21BO2S/c1-21(2)22(3,4)25-23(24-21)15-10-12-18-17(13-15)20-16-8-6-5-7-14(16)9-11-19(20)26-18/h5-13H,1-4H3. The summed E-state index contributed by atoms with van der Waals surface area (Å²) in [6.07, 6.45) is 0. The number of benzene rings is 3. The molecule has 2 heterocycles. The number of rotatable bonds is 1. The van der Waals surface area contributed by atoms with Crippen molar-refractivity contribution in [1.82, 2.24) is 0 Å². The van der Waals surface area contributed by atoms with Gasteiger partial charge in [0, 0.05) is 20.2 Å². The molecular formula is C22H21BO2S. The van der Waals surface area contributed by atoms with Crippen LogP contribution in [-0.4, -0.2) is 18.3 Å². The molecule has 0 amide bonds. The SMILES string of the molecule is CC1(C)OB(c2ccc3sc4ccc5ccccc5c4c3c2)OC1(C)C. The second-order valence-corrected chi connectivity index (χ2v) is 9.19. The Balaban J connectivity index is 1.72. The van der Waals surface area contributed by atoms with E-state index in [1.165, 1.54) is 30.9 Å². The number of hydrogen-bond acceptors (Lipinski definition) is 3. The second kappa shape index (κ2) is 5.32. The first-order valence-electron chi connectivity index (χ1n) is 9.05. The van der Waals surface area contributed by atoms with Crippen LogP contribution in [-0.2, 0) is 9.31 Å². The summed E-state index contributed by atoms with van der Waals surface area (Å²) in [6, 6.07) is 19.6. The maximum Gasteiger partial charge on any atom is 0.494 e. The summed E-state index contributed by atoms with van der Waals surface area (Å²) < 4.78 is 15.1. The zero-order valence-electron chi connectivity index (χ0n) is 15.5. The van der Waals surface area contributed by atoms with E-state index in [2.05, 4.69) is 82.3 Å². The van der Waals surface area contributed by atoms with Gasteiger partial charge in [0.1, 0.15) is 0 Å². The third-order valence-corrected chi connectivity index (χ3v) is 7.05. The van der Waals surface area contributed by atoms with Crippen molar-refractivity contribution < 1.29 is 9.31 Å². The van der Waals surface area contributed by atoms with Gasteiger partial charge < -0.3 is 9.31 Å². The van der Waals surface area contributed by atoms with Crippen LogP contribution in [0.4, 0.5) is 0 Å². The maximum atomic E-state index is 6.26. The zero-order chi connectivity index (χ0) is 18.1. The molecule has 0 N–H and O–H groups in total. The molecule has 0 saturated carbocycles. The van der Waals surface area contributed by atoms with Crippen molar-refractivity contribution in [3.05, 3.63) is 54.6 Å². The lowest BCUT2D eigenvalue weighted by Crippen LogP contribution is -2.41. The fourth-order valence-electron chi connectivity index (χ4n) is 3.69. The summed E-state index contributed by atoms with van der Waals surface area (Å²) in [7, 11) is -0.325. The molecular weight excluding hydrogens is 339 g/mol. The maximum absolute atomic E-state index is 6.26. The van der Waals surface area contributed by atoms with Gasteiger partial charge in [-0.15, -0.1) is 11.3 Å². The molecule has 1 aliphatic heterocycles. The van der Waals surface area contributed by atoms with E-state index in [-0.39, 0.29) is 18.3 Å². The summed E-state index contributed by atoms with van der Waals surface area (Å²) in [5.41, 5.74) is 0.440. The van der Waals surface area contributed by atoms with Crippen LogP contribution in [0, 0.1) is 0 Å². The van der Waals surface area contributed by atoms with Crippen LogP contribution < -0.4 is 5.46 Å². The van der Waals surface area contributed by atoms with Gasteiger partial charge in [-0.3, -0.25) is 0 Å². The molecule has 1 aliphatic rings. The molecule has 3 aromatic carbocycles. The number of thiophene rings is 1. The molecule has 0 aliphatic carbocycles. The highest BCUT2D eigenvalue weighted by atomic mass is 32.1. The zero-order valence-corrected chi connectivity index (χ0v) is 16.3. The minimum absolute atomic E-state index is 0.323. The minimum atomic E-state index is -0.325. The van der Waals surface area contributed by atoms with Crippen molar-refractivity contribution in [3.8, 4) is 0 Å². The summed E-state index contributed by atoms with van der Waals surface area (Å²) in [4.78, 5) is 0. The van der Waals surface area contributed by atoms with Crippen LogP contribution in [0.25, 0.3) is 30.9 Å². The average Bonchev–Trinajstić information content (AvgIpc) is 3.08. The van der Waals surface area contributed by atoms with E-state index in [0.717, 1.165) is 5.46 Å². The largest absolute Gasteiger partial charge is 0.494 e. The van der Waals surface area contributed by atoms with Crippen molar-refractivity contribution in [2.75, 3.05) is 0 Å². The first-order chi connectivity index (χ1) is 12.4. The summed E-state index contributed by atoms with van der Waals surface area (Å²) >= 11 is 1.85. The topological polar surface area (TPSA) is 18.5 Å². The van der Waals surface area contributed by atoms with Crippen LogP contribution in [0.15, 0.2) is 54.6 Å². The highest BCUT2D eigenvalue weighted by molar-refractivity contribution is 7.26. The average molecular weight is 360 g/mol. The monoisotopic (exact) mass is 360 g/mol. The van der Waals surface area contributed by atoms with Crippen molar-refractivity contribution in [3.63, 3.8) is 0 Å². The Morgan fingerprint density at radius 3 is 2.23 bits per heavy atom. The Bertz CT molecular complexity index is 1140. The van der Waals surface area contributed by atoms with Gasteiger partial charge in [-0.1, -0.05) is 42.5 Å². The Kier molecular flexibility index (Phi) is 3.34. The van der Waals surface area contributed by atoms with Gasteiger partial charge in [0.05, 0.1) is 11.2 Å². The van der Waals surface area contributed by atoms with Crippen LogP contribution in [0.3, 0.4) is 0 Å². The van der Waals surface area contributed by atoms with Gasteiger partial charge >= 0.3 is 7.12 Å². The minimum Gasteiger partial charge on any atom is -0.399 e. The lowest BCUT2D eigenvalue weighted by molar-refractivity contribution is 0.00578. The summed E-state index contributed by atoms with van der Waals surface area (Å²) in [5.74, 6) is 0. The normalized spacial score (nSPS) is 19.0. The summed E-state index contributed by atoms with van der Waals surface area (Å²) in [6.45, 7) is 8.39. The molecule has 5 rings (SSSR count). The highest BCUT2D eigenvalue weighted by Gasteiger charge is 2.51. The molecule has 26 heavy (non-hydrogen) atoms. The molecule has 4 heteroatoms. The highest BCUT2D eigenvalue weighted by Crippen LogP contribution is 2.39. The van der Waals surface area contributed by atoms with E-state index < -0.39 is 0 Å². The fourth-order valence-corrected chi connectivity index (χ4v) is 4.79. The van der Waals surface area contributed by atoms with Gasteiger partial charge in [0.2, 0.25) is 0 Å². The lowest BCUT2D eigenvalue weighted by Gasteiger charge is -2.32. The van der Waals surface area contributed by atoms with Gasteiger partial charge in [0.25, 0.3) is 0 Å². The van der Waals surface area contributed by atoms with E-state index in [0.29, 0.717) is 0 Å². The molecule has 4 aromatic rings. The Morgan fingerprint density at radius 2 is 1.46 bits per heavy atom. The van der Waals surface area contributed by atoms with Gasteiger partial charge in [-0.05, 0) is 56.1 Å². The first kappa shape index (κ1) is 16.3. The third kappa shape index (κ3) is 2.26. The smallest absolute Gasteiger partial charge is 0.399 e. The van der Waals surface area contributed by atoms with E-state index in [1.54, 1.807) is 0 Å². The predicted octanol–water partition coefficient (Wildman–Crippen LogP) is 5.51. The quantitative estimate of drug-likeness (QED) is 0.417. The van der Waals surface area contributed by atoms with Crippen LogP contribution in [0.2, 0.25) is 0 Å². The van der Waals surface area contributed by atoms with E-state index in [9.17, 15) is 0 Å². The third-order valence-electron chi connectivity index (χ3n) is 5.91. The first-order valence-corrected chi connectivity index (χ1v) is 9.87. The van der Waals surface area contributed by atoms with Crippen LogP contribution in [0.1, 0.15) is 27.7 Å². The molecule has 0 unspecified atom stereocenters. The summed E-state index contributed by atoms with van der Waals surface area (Å²) in [5, 5.41) is 5.21. The van der Waals surface area contributed by atoms with Gasteiger partial charge in [0.15, 0.2) is 0 Å². The molecule has 1 fully saturated rings. The Hall–Kier alpha value is -1.88. The number of fused-ring (bicyclic) bond motifs is 5. The molecule has 0 atom stereocenters. The predicted molar refractivity (Wildman–Crippen MR) is 113 cm³/mol. The second-order valence-electron chi connectivity index (χ2n) is 8.11. The van der Waals surface area contributed by atoms with E-state index >= 15 is 0 Å². The lowest BCUT2D eigenvalue weighted by atomic mass is 9.78. The van der Waals surface area contributed by atoms with E-state index in [1.807, 2.05) is 11.3 Å². The molecule has 1 aromatic heterocycles. The molecule has 130 valence electrons. The number of hydrogen-bond donors (Lipinski definition) is 0. The van der Waals surface area contributed by atoms with E-state index in [4.69, 9.17) is 9.31 Å². The molecule has 2 nitrogen and oxygen atoms in total. The van der Waals surface area contributed by atoms with Crippen molar-refractivity contribution >= 4 is 54.9 Å². The molecule has 0 bridgehead atoms.